The van der Waals surface area contributed by atoms with E-state index in [4.69, 9.17) is 0 Å². The number of amides is 2. The van der Waals surface area contributed by atoms with Gasteiger partial charge in [0.2, 0.25) is 10.0 Å². The summed E-state index contributed by atoms with van der Waals surface area (Å²) in [7, 11) is -3.77. The molecular formula is C18H19F3N4O4S. The van der Waals surface area contributed by atoms with Crippen molar-refractivity contribution in [1.29, 1.82) is 0 Å². The second-order valence-corrected chi connectivity index (χ2v) is 8.52. The summed E-state index contributed by atoms with van der Waals surface area (Å²) < 4.78 is 64.2. The Kier molecular flexibility index (Phi) is 6.29. The van der Waals surface area contributed by atoms with Crippen molar-refractivity contribution in [2.45, 2.75) is 30.0 Å². The van der Waals surface area contributed by atoms with E-state index in [-0.39, 0.29) is 22.9 Å². The average molecular weight is 444 g/mol. The van der Waals surface area contributed by atoms with Gasteiger partial charge in [0.25, 0.3) is 0 Å². The zero-order chi connectivity index (χ0) is 21.9. The Balaban J connectivity index is 1.63. The first-order valence-electron chi connectivity index (χ1n) is 8.95. The highest BCUT2D eigenvalue weighted by Crippen LogP contribution is 2.28. The molecule has 3 rings (SSSR count). The van der Waals surface area contributed by atoms with Gasteiger partial charge in [-0.05, 0) is 49.2 Å². The first-order valence-corrected chi connectivity index (χ1v) is 10.4. The van der Waals surface area contributed by atoms with Crippen LogP contribution in [0.2, 0.25) is 0 Å². The molecule has 1 aliphatic heterocycles. The van der Waals surface area contributed by atoms with Crippen LogP contribution in [0.4, 0.5) is 29.3 Å². The molecule has 1 aromatic heterocycles. The summed E-state index contributed by atoms with van der Waals surface area (Å²) >= 11 is 0. The van der Waals surface area contributed by atoms with Crippen molar-refractivity contribution >= 4 is 27.4 Å². The van der Waals surface area contributed by atoms with Crippen LogP contribution in [0.1, 0.15) is 18.5 Å². The van der Waals surface area contributed by atoms with E-state index in [0.717, 1.165) is 18.3 Å². The Labute approximate surface area is 170 Å². The number of hydrogen-bond acceptors (Lipinski definition) is 5. The highest BCUT2D eigenvalue weighted by atomic mass is 32.2. The Morgan fingerprint density at radius 3 is 2.33 bits per heavy atom. The summed E-state index contributed by atoms with van der Waals surface area (Å²) in [6, 6.07) is 6.08. The lowest BCUT2D eigenvalue weighted by Gasteiger charge is -2.22. The maximum atomic E-state index is 12.7. The van der Waals surface area contributed by atoms with Crippen molar-refractivity contribution in [3.63, 3.8) is 0 Å². The number of sulfonamides is 1. The third-order valence-electron chi connectivity index (χ3n) is 4.56. The molecule has 8 nitrogen and oxygen atoms in total. The summed E-state index contributed by atoms with van der Waals surface area (Å²) in [5.41, 5.74) is -0.734. The van der Waals surface area contributed by atoms with Gasteiger partial charge in [0.1, 0.15) is 5.69 Å². The molecule has 0 saturated carbocycles. The molecular weight excluding hydrogens is 425 g/mol. The Hall–Kier alpha value is -2.70. The van der Waals surface area contributed by atoms with E-state index in [0.29, 0.717) is 19.4 Å². The third kappa shape index (κ3) is 4.89. The minimum atomic E-state index is -4.57. The van der Waals surface area contributed by atoms with Crippen LogP contribution in [-0.2, 0) is 16.2 Å². The minimum absolute atomic E-state index is 0.0285. The fourth-order valence-electron chi connectivity index (χ4n) is 3.08. The zero-order valence-electron chi connectivity index (χ0n) is 15.6. The number of urea groups is 1. The smallest absolute Gasteiger partial charge is 0.395 e. The zero-order valence-corrected chi connectivity index (χ0v) is 16.4. The highest BCUT2D eigenvalue weighted by molar-refractivity contribution is 7.89. The molecule has 1 fully saturated rings. The van der Waals surface area contributed by atoms with E-state index >= 15 is 0 Å². The molecule has 0 bridgehead atoms. The number of nitrogens with one attached hydrogen (secondary N) is 2. The Morgan fingerprint density at radius 2 is 1.77 bits per heavy atom. The summed E-state index contributed by atoms with van der Waals surface area (Å²) in [4.78, 5) is 15.3. The van der Waals surface area contributed by atoms with Gasteiger partial charge in [-0.2, -0.15) is 17.5 Å². The molecule has 2 heterocycles. The van der Waals surface area contributed by atoms with E-state index in [1.165, 1.54) is 28.6 Å². The van der Waals surface area contributed by atoms with E-state index in [1.54, 1.807) is 0 Å². The summed E-state index contributed by atoms with van der Waals surface area (Å²) in [5.74, 6) is 0. The maximum Gasteiger partial charge on any atom is 0.433 e. The van der Waals surface area contributed by atoms with Gasteiger partial charge in [-0.25, -0.2) is 18.2 Å². The molecule has 0 aliphatic carbocycles. The second-order valence-electron chi connectivity index (χ2n) is 6.63. The number of nitrogens with zero attached hydrogens (tertiary/aromatic N) is 2. The molecule has 3 N–H and O–H groups in total. The number of alkyl halides is 3. The van der Waals surface area contributed by atoms with Crippen molar-refractivity contribution in [3.05, 3.63) is 48.3 Å². The van der Waals surface area contributed by atoms with Gasteiger partial charge < -0.3 is 15.7 Å². The fraction of sp³-hybridized carbons (Fsp3) is 0.333. The predicted molar refractivity (Wildman–Crippen MR) is 102 cm³/mol. The van der Waals surface area contributed by atoms with Crippen LogP contribution in [0.3, 0.4) is 0 Å². The molecule has 1 atom stereocenters. The number of aromatic nitrogens is 1. The van der Waals surface area contributed by atoms with E-state index in [1.807, 2.05) is 0 Å². The van der Waals surface area contributed by atoms with Crippen molar-refractivity contribution in [2.75, 3.05) is 23.8 Å². The molecule has 1 aromatic carbocycles. The van der Waals surface area contributed by atoms with Crippen LogP contribution >= 0.6 is 0 Å². The van der Waals surface area contributed by atoms with Crippen LogP contribution in [0.25, 0.3) is 0 Å². The largest absolute Gasteiger partial charge is 0.433 e. The average Bonchev–Trinajstić information content (AvgIpc) is 3.18. The second kappa shape index (κ2) is 8.58. The number of halogens is 3. The molecule has 0 spiro atoms. The monoisotopic (exact) mass is 444 g/mol. The van der Waals surface area contributed by atoms with E-state index in [2.05, 4.69) is 15.6 Å². The van der Waals surface area contributed by atoms with Gasteiger partial charge in [-0.1, -0.05) is 0 Å². The molecule has 30 heavy (non-hydrogen) atoms. The SMILES string of the molecule is O=C(Nc1ccc(S(=O)(=O)N2CCC[C@@H]2CO)cc1)Nc1ccc(C(F)(F)F)nc1. The van der Waals surface area contributed by atoms with Crippen molar-refractivity contribution in [2.24, 2.45) is 0 Å². The number of carbonyl (C=O) groups is 1. The summed E-state index contributed by atoms with van der Waals surface area (Å²) in [6.07, 6.45) is -2.43. The molecule has 0 unspecified atom stereocenters. The highest BCUT2D eigenvalue weighted by Gasteiger charge is 2.35. The molecule has 162 valence electrons. The lowest BCUT2D eigenvalue weighted by Crippen LogP contribution is -2.37. The minimum Gasteiger partial charge on any atom is -0.395 e. The van der Waals surface area contributed by atoms with Crippen molar-refractivity contribution in [3.8, 4) is 0 Å². The number of rotatable bonds is 5. The van der Waals surface area contributed by atoms with E-state index in [9.17, 15) is 31.5 Å². The molecule has 12 heteroatoms. The molecule has 2 aromatic rings. The van der Waals surface area contributed by atoms with Crippen LogP contribution in [0.5, 0.6) is 0 Å². The predicted octanol–water partition coefficient (Wildman–Crippen LogP) is 2.89. The lowest BCUT2D eigenvalue weighted by atomic mass is 10.2. The lowest BCUT2D eigenvalue weighted by molar-refractivity contribution is -0.141. The van der Waals surface area contributed by atoms with E-state index < -0.39 is 34.0 Å². The molecule has 1 saturated heterocycles. The molecule has 2 amide bonds. The number of hydrogen-bond donors (Lipinski definition) is 3. The first kappa shape index (κ1) is 22.0. The van der Waals surface area contributed by atoms with Gasteiger partial charge >= 0.3 is 12.2 Å². The number of pyridine rings is 1. The van der Waals surface area contributed by atoms with Gasteiger partial charge in [-0.15, -0.1) is 0 Å². The van der Waals surface area contributed by atoms with Crippen molar-refractivity contribution < 1.29 is 31.5 Å². The van der Waals surface area contributed by atoms with Crippen molar-refractivity contribution in [1.82, 2.24) is 9.29 Å². The normalized spacial score (nSPS) is 17.7. The fourth-order valence-corrected chi connectivity index (χ4v) is 4.77. The van der Waals surface area contributed by atoms with Gasteiger partial charge in [0.05, 0.1) is 23.4 Å². The first-order chi connectivity index (χ1) is 14.1. The Bertz CT molecular complexity index is 996. The number of anilines is 2. The quantitative estimate of drug-likeness (QED) is 0.657. The van der Waals surface area contributed by atoms with Crippen LogP contribution in [0.15, 0.2) is 47.5 Å². The summed E-state index contributed by atoms with van der Waals surface area (Å²) in [6.45, 7) is 0.0784. The van der Waals surface area contributed by atoms with Gasteiger partial charge in [-0.3, -0.25) is 0 Å². The third-order valence-corrected chi connectivity index (χ3v) is 6.53. The molecule has 1 aliphatic rings. The molecule has 0 radical (unpaired) electrons. The van der Waals surface area contributed by atoms with Gasteiger partial charge in [0, 0.05) is 18.3 Å². The summed E-state index contributed by atoms with van der Waals surface area (Å²) in [5, 5.41) is 14.1. The number of carbonyl (C=O) groups excluding carboxylic acids is 1. The number of aliphatic hydroxyl groups is 1. The number of benzene rings is 1. The number of aliphatic hydroxyl groups excluding tert-OH is 1. The van der Waals surface area contributed by atoms with Crippen LogP contribution in [0, 0.1) is 0 Å². The van der Waals surface area contributed by atoms with Crippen LogP contribution in [-0.4, -0.2) is 48.0 Å². The van der Waals surface area contributed by atoms with Gasteiger partial charge in [0.15, 0.2) is 0 Å². The maximum absolute atomic E-state index is 12.7. The van der Waals surface area contributed by atoms with Crippen LogP contribution < -0.4 is 10.6 Å². The Morgan fingerprint density at radius 1 is 1.13 bits per heavy atom. The standard InChI is InChI=1S/C18H19F3N4O4S/c19-18(20,21)16-8-5-13(10-22-16)24-17(27)23-12-3-6-15(7-4-12)30(28,29)25-9-1-2-14(25)11-26/h3-8,10,14,26H,1-2,9,11H2,(H2,23,24,27)/t14-/m1/s1. The topological polar surface area (TPSA) is 112 Å².